The van der Waals surface area contributed by atoms with E-state index < -0.39 is 0 Å². The highest BCUT2D eigenvalue weighted by Gasteiger charge is 2.62. The average Bonchev–Trinajstić information content (AvgIpc) is 2.24. The SMILES string of the molecule is C=CCCNC(=O)C12CC3CC(C)(CC(C)(C3)C1)C2. The Labute approximate surface area is 117 Å². The Hall–Kier alpha value is -0.790. The Morgan fingerprint density at radius 1 is 1.21 bits per heavy atom. The van der Waals surface area contributed by atoms with E-state index in [9.17, 15) is 4.79 Å². The summed E-state index contributed by atoms with van der Waals surface area (Å²) in [6.45, 7) is 9.31. The third-order valence-corrected chi connectivity index (χ3v) is 5.74. The molecule has 4 rings (SSSR count). The summed E-state index contributed by atoms with van der Waals surface area (Å²) >= 11 is 0. The van der Waals surface area contributed by atoms with Crippen molar-refractivity contribution < 1.29 is 4.79 Å². The van der Waals surface area contributed by atoms with Gasteiger partial charge in [0, 0.05) is 6.54 Å². The van der Waals surface area contributed by atoms with Crippen LogP contribution in [0.2, 0.25) is 0 Å². The maximum atomic E-state index is 12.7. The van der Waals surface area contributed by atoms with Gasteiger partial charge in [0.05, 0.1) is 5.41 Å². The normalized spacial score (nSPS) is 47.2. The van der Waals surface area contributed by atoms with Gasteiger partial charge in [0.1, 0.15) is 0 Å². The number of nitrogens with one attached hydrogen (secondary N) is 1. The molecule has 0 heterocycles. The van der Waals surface area contributed by atoms with Crippen LogP contribution in [0, 0.1) is 22.2 Å². The molecule has 19 heavy (non-hydrogen) atoms. The lowest BCUT2D eigenvalue weighted by Crippen LogP contribution is -2.59. The Morgan fingerprint density at radius 3 is 2.37 bits per heavy atom. The predicted octanol–water partition coefficient (Wildman–Crippen LogP) is 3.68. The van der Waals surface area contributed by atoms with E-state index in [4.69, 9.17) is 0 Å². The fourth-order valence-electron chi connectivity index (χ4n) is 6.18. The average molecular weight is 261 g/mol. The van der Waals surface area contributed by atoms with Gasteiger partial charge in [0.25, 0.3) is 0 Å². The zero-order valence-corrected chi connectivity index (χ0v) is 12.4. The van der Waals surface area contributed by atoms with Gasteiger partial charge in [-0.1, -0.05) is 19.9 Å². The van der Waals surface area contributed by atoms with E-state index in [1.54, 1.807) is 0 Å². The molecule has 4 aliphatic carbocycles. The standard InChI is InChI=1S/C17H27NO/c1-4-5-6-18-14(19)17-9-13-7-15(2,11-17)10-16(3,8-13)12-17/h4,13H,1,5-12H2,2-3H3,(H,18,19). The van der Waals surface area contributed by atoms with Crippen molar-refractivity contribution in [2.24, 2.45) is 22.2 Å². The molecule has 0 aromatic carbocycles. The molecule has 0 aromatic rings. The summed E-state index contributed by atoms with van der Waals surface area (Å²) in [5, 5.41) is 3.16. The molecule has 4 fully saturated rings. The molecular weight excluding hydrogens is 234 g/mol. The van der Waals surface area contributed by atoms with Crippen LogP contribution >= 0.6 is 0 Å². The highest BCUT2D eigenvalue weighted by molar-refractivity contribution is 5.83. The maximum absolute atomic E-state index is 12.7. The van der Waals surface area contributed by atoms with Crippen LogP contribution in [-0.4, -0.2) is 12.5 Å². The molecule has 0 radical (unpaired) electrons. The lowest BCUT2D eigenvalue weighted by atomic mass is 9.40. The second kappa shape index (κ2) is 4.10. The van der Waals surface area contributed by atoms with Crippen LogP contribution in [0.15, 0.2) is 12.7 Å². The molecule has 1 N–H and O–H groups in total. The van der Waals surface area contributed by atoms with Crippen molar-refractivity contribution >= 4 is 5.91 Å². The monoisotopic (exact) mass is 261 g/mol. The number of carbonyl (C=O) groups excluding carboxylic acids is 1. The molecule has 2 heteroatoms. The van der Waals surface area contributed by atoms with Crippen molar-refractivity contribution in [3.05, 3.63) is 12.7 Å². The van der Waals surface area contributed by atoms with Gasteiger partial charge < -0.3 is 5.32 Å². The summed E-state index contributed by atoms with van der Waals surface area (Å²) < 4.78 is 0. The molecule has 4 bridgehead atoms. The van der Waals surface area contributed by atoms with E-state index in [0.717, 1.165) is 38.1 Å². The Balaban J connectivity index is 1.80. The molecule has 4 saturated carbocycles. The van der Waals surface area contributed by atoms with Crippen molar-refractivity contribution in [2.45, 2.75) is 58.8 Å². The first kappa shape index (κ1) is 13.2. The van der Waals surface area contributed by atoms with Gasteiger partial charge in [0.2, 0.25) is 5.91 Å². The molecule has 0 saturated heterocycles. The third kappa shape index (κ3) is 2.13. The van der Waals surface area contributed by atoms with Crippen molar-refractivity contribution in [3.63, 3.8) is 0 Å². The second-order valence-electron chi connectivity index (χ2n) is 8.24. The number of amides is 1. The van der Waals surface area contributed by atoms with Crippen LogP contribution in [0.4, 0.5) is 0 Å². The van der Waals surface area contributed by atoms with Crippen molar-refractivity contribution in [2.75, 3.05) is 6.54 Å². The van der Waals surface area contributed by atoms with Crippen LogP contribution in [0.5, 0.6) is 0 Å². The third-order valence-electron chi connectivity index (χ3n) is 5.74. The lowest BCUT2D eigenvalue weighted by Gasteiger charge is -2.64. The number of rotatable bonds is 4. The topological polar surface area (TPSA) is 29.1 Å². The highest BCUT2D eigenvalue weighted by Crippen LogP contribution is 2.69. The zero-order chi connectivity index (χ0) is 13.7. The molecular formula is C17H27NO. The fourth-order valence-corrected chi connectivity index (χ4v) is 6.18. The van der Waals surface area contributed by atoms with E-state index in [2.05, 4.69) is 25.7 Å². The van der Waals surface area contributed by atoms with Gasteiger partial charge >= 0.3 is 0 Å². The second-order valence-corrected chi connectivity index (χ2v) is 8.24. The first-order valence-corrected chi connectivity index (χ1v) is 7.78. The molecule has 0 aromatic heterocycles. The van der Waals surface area contributed by atoms with Crippen molar-refractivity contribution in [1.29, 1.82) is 0 Å². The summed E-state index contributed by atoms with van der Waals surface area (Å²) in [7, 11) is 0. The minimum Gasteiger partial charge on any atom is -0.355 e. The number of carbonyl (C=O) groups is 1. The zero-order valence-electron chi connectivity index (χ0n) is 12.4. The largest absolute Gasteiger partial charge is 0.355 e. The van der Waals surface area contributed by atoms with Crippen LogP contribution in [0.3, 0.4) is 0 Å². The van der Waals surface area contributed by atoms with Crippen molar-refractivity contribution in [3.8, 4) is 0 Å². The van der Waals surface area contributed by atoms with Crippen LogP contribution in [-0.2, 0) is 4.79 Å². The van der Waals surface area contributed by atoms with E-state index in [1.807, 2.05) is 6.08 Å². The fraction of sp³-hybridized carbons (Fsp3) is 0.824. The number of hydrogen-bond donors (Lipinski definition) is 1. The van der Waals surface area contributed by atoms with Gasteiger partial charge in [-0.25, -0.2) is 0 Å². The van der Waals surface area contributed by atoms with Crippen LogP contribution in [0.1, 0.15) is 58.8 Å². The molecule has 2 unspecified atom stereocenters. The van der Waals surface area contributed by atoms with Gasteiger partial charge in [-0.15, -0.1) is 6.58 Å². The molecule has 0 spiro atoms. The molecule has 4 aliphatic rings. The Kier molecular flexibility index (Phi) is 2.85. The predicted molar refractivity (Wildman–Crippen MR) is 77.7 cm³/mol. The Bertz CT molecular complexity index is 395. The molecule has 106 valence electrons. The molecule has 1 amide bonds. The molecule has 2 atom stereocenters. The van der Waals surface area contributed by atoms with E-state index >= 15 is 0 Å². The van der Waals surface area contributed by atoms with Gasteiger partial charge in [0.15, 0.2) is 0 Å². The molecule has 0 aliphatic heterocycles. The highest BCUT2D eigenvalue weighted by atomic mass is 16.2. The van der Waals surface area contributed by atoms with Gasteiger partial charge in [-0.3, -0.25) is 4.79 Å². The minimum absolute atomic E-state index is 0.0515. The molecule has 2 nitrogen and oxygen atoms in total. The Morgan fingerprint density at radius 2 is 1.84 bits per heavy atom. The first-order valence-electron chi connectivity index (χ1n) is 7.78. The smallest absolute Gasteiger partial charge is 0.226 e. The summed E-state index contributed by atoms with van der Waals surface area (Å²) in [5.74, 6) is 1.12. The summed E-state index contributed by atoms with van der Waals surface area (Å²) in [4.78, 5) is 12.7. The minimum atomic E-state index is -0.0515. The van der Waals surface area contributed by atoms with E-state index in [-0.39, 0.29) is 5.41 Å². The lowest BCUT2D eigenvalue weighted by molar-refractivity contribution is -0.170. The van der Waals surface area contributed by atoms with Crippen LogP contribution in [0.25, 0.3) is 0 Å². The quantitative estimate of drug-likeness (QED) is 0.607. The summed E-state index contributed by atoms with van der Waals surface area (Å²) in [5.41, 5.74) is 0.790. The van der Waals surface area contributed by atoms with E-state index in [1.165, 1.54) is 19.3 Å². The number of hydrogen-bond acceptors (Lipinski definition) is 1. The summed E-state index contributed by atoms with van der Waals surface area (Å²) in [6.07, 6.45) is 10.2. The van der Waals surface area contributed by atoms with E-state index in [0.29, 0.717) is 16.7 Å². The first-order chi connectivity index (χ1) is 8.89. The van der Waals surface area contributed by atoms with Crippen molar-refractivity contribution in [1.82, 2.24) is 5.32 Å². The van der Waals surface area contributed by atoms with Crippen LogP contribution < -0.4 is 5.32 Å². The maximum Gasteiger partial charge on any atom is 0.226 e. The van der Waals surface area contributed by atoms with Gasteiger partial charge in [-0.05, 0) is 61.7 Å². The summed E-state index contributed by atoms with van der Waals surface area (Å²) in [6, 6.07) is 0. The van der Waals surface area contributed by atoms with Gasteiger partial charge in [-0.2, -0.15) is 0 Å².